The smallest absolute Gasteiger partial charge is 0.258 e. The molecule has 0 spiro atoms. The van der Waals surface area contributed by atoms with Gasteiger partial charge in [-0.15, -0.1) is 0 Å². The molecule has 0 aliphatic heterocycles. The number of nitrogens with zero attached hydrogens (tertiary/aromatic N) is 2. The van der Waals surface area contributed by atoms with E-state index in [-0.39, 0.29) is 5.56 Å². The van der Waals surface area contributed by atoms with Crippen molar-refractivity contribution < 1.29 is 9.47 Å². The number of rotatable bonds is 3. The summed E-state index contributed by atoms with van der Waals surface area (Å²) < 4.78 is 12.3. The molecule has 0 aliphatic rings. The van der Waals surface area contributed by atoms with Crippen molar-refractivity contribution >= 4 is 22.5 Å². The minimum absolute atomic E-state index is 0.147. The molecular formula is C17H15ClN2O3. The molecule has 0 unspecified atom stereocenters. The van der Waals surface area contributed by atoms with Crippen LogP contribution in [-0.4, -0.2) is 23.8 Å². The largest absolute Gasteiger partial charge is 0.493 e. The molecule has 23 heavy (non-hydrogen) atoms. The maximum Gasteiger partial charge on any atom is 0.258 e. The Bertz CT molecular complexity index is 950. The van der Waals surface area contributed by atoms with Gasteiger partial charge in [0, 0.05) is 24.2 Å². The van der Waals surface area contributed by atoms with Gasteiger partial charge in [0.1, 0.15) is 5.15 Å². The van der Waals surface area contributed by atoms with E-state index in [2.05, 4.69) is 4.98 Å². The normalized spacial score (nSPS) is 10.8. The van der Waals surface area contributed by atoms with Crippen molar-refractivity contribution in [3.8, 4) is 22.6 Å². The van der Waals surface area contributed by atoms with E-state index in [1.54, 1.807) is 50.2 Å². The lowest BCUT2D eigenvalue weighted by molar-refractivity contribution is 0.356. The molecule has 6 heteroatoms. The number of hydrogen-bond acceptors (Lipinski definition) is 4. The van der Waals surface area contributed by atoms with E-state index in [1.807, 2.05) is 12.1 Å². The zero-order chi connectivity index (χ0) is 16.6. The third kappa shape index (κ3) is 2.53. The first-order valence-electron chi connectivity index (χ1n) is 6.93. The molecule has 118 valence electrons. The van der Waals surface area contributed by atoms with E-state index in [4.69, 9.17) is 21.1 Å². The van der Waals surface area contributed by atoms with E-state index >= 15 is 0 Å². The first-order valence-corrected chi connectivity index (χ1v) is 7.31. The SMILES string of the molecule is COc1cccc(-c2cc3cnc(Cl)cc3n(C)c2=O)c1OC. The van der Waals surface area contributed by atoms with Crippen LogP contribution < -0.4 is 15.0 Å². The zero-order valence-electron chi connectivity index (χ0n) is 13.0. The molecule has 3 rings (SSSR count). The quantitative estimate of drug-likeness (QED) is 0.692. The van der Waals surface area contributed by atoms with Crippen molar-refractivity contribution in [2.24, 2.45) is 7.05 Å². The number of halogens is 1. The van der Waals surface area contributed by atoms with Crippen LogP contribution in [0.15, 0.2) is 41.3 Å². The summed E-state index contributed by atoms with van der Waals surface area (Å²) in [6.07, 6.45) is 1.65. The highest BCUT2D eigenvalue weighted by atomic mass is 35.5. The second kappa shape index (κ2) is 5.93. The number of aryl methyl sites for hydroxylation is 1. The molecule has 0 atom stereocenters. The van der Waals surface area contributed by atoms with Gasteiger partial charge < -0.3 is 14.0 Å². The average Bonchev–Trinajstić information content (AvgIpc) is 2.57. The lowest BCUT2D eigenvalue weighted by Gasteiger charge is -2.14. The van der Waals surface area contributed by atoms with Crippen LogP contribution in [0, 0.1) is 0 Å². The standard InChI is InChI=1S/C17H15ClN2O3/c1-20-13-8-15(18)19-9-10(13)7-12(17(20)21)11-5-4-6-14(22-2)16(11)23-3/h4-9H,1-3H3. The van der Waals surface area contributed by atoms with Crippen molar-refractivity contribution in [3.05, 3.63) is 52.0 Å². The zero-order valence-corrected chi connectivity index (χ0v) is 13.7. The van der Waals surface area contributed by atoms with Crippen molar-refractivity contribution in [1.82, 2.24) is 9.55 Å². The summed E-state index contributed by atoms with van der Waals surface area (Å²) in [5.74, 6) is 1.09. The van der Waals surface area contributed by atoms with Gasteiger partial charge >= 0.3 is 0 Å². The van der Waals surface area contributed by atoms with Gasteiger partial charge in [-0.2, -0.15) is 0 Å². The molecule has 2 heterocycles. The fraction of sp³-hybridized carbons (Fsp3) is 0.176. The molecule has 0 aliphatic carbocycles. The maximum atomic E-state index is 12.8. The lowest BCUT2D eigenvalue weighted by Crippen LogP contribution is -2.19. The molecule has 0 radical (unpaired) electrons. The third-order valence-corrected chi connectivity index (χ3v) is 3.97. The first kappa shape index (κ1) is 15.4. The lowest BCUT2D eigenvalue weighted by atomic mass is 10.0. The number of aromatic nitrogens is 2. The van der Waals surface area contributed by atoms with E-state index in [9.17, 15) is 4.79 Å². The van der Waals surface area contributed by atoms with Gasteiger partial charge in [0.25, 0.3) is 5.56 Å². The molecule has 3 aromatic rings. The van der Waals surface area contributed by atoms with Crippen molar-refractivity contribution in [2.45, 2.75) is 0 Å². The highest BCUT2D eigenvalue weighted by molar-refractivity contribution is 6.30. The third-order valence-electron chi connectivity index (χ3n) is 3.77. The molecule has 0 fully saturated rings. The van der Waals surface area contributed by atoms with Gasteiger partial charge in [-0.05, 0) is 18.2 Å². The Balaban J connectivity index is 2.36. The Labute approximate surface area is 138 Å². The van der Waals surface area contributed by atoms with Gasteiger partial charge in [0.05, 0.1) is 25.3 Å². The molecule has 1 aromatic carbocycles. The number of ether oxygens (including phenoxy) is 2. The summed E-state index contributed by atoms with van der Waals surface area (Å²) in [5.41, 5.74) is 1.76. The van der Waals surface area contributed by atoms with Crippen LogP contribution in [0.3, 0.4) is 0 Å². The molecule has 0 saturated carbocycles. The number of methoxy groups -OCH3 is 2. The van der Waals surface area contributed by atoms with Gasteiger partial charge in [-0.1, -0.05) is 23.7 Å². The van der Waals surface area contributed by atoms with E-state index in [0.717, 1.165) is 10.9 Å². The molecule has 5 nitrogen and oxygen atoms in total. The van der Waals surface area contributed by atoms with Gasteiger partial charge in [0.2, 0.25) is 0 Å². The Morgan fingerprint density at radius 1 is 1.13 bits per heavy atom. The molecule has 0 N–H and O–H groups in total. The minimum Gasteiger partial charge on any atom is -0.493 e. The van der Waals surface area contributed by atoms with Gasteiger partial charge in [-0.3, -0.25) is 4.79 Å². The number of benzene rings is 1. The summed E-state index contributed by atoms with van der Waals surface area (Å²) in [6.45, 7) is 0. The second-order valence-corrected chi connectivity index (χ2v) is 5.42. The molecule has 0 saturated heterocycles. The highest BCUT2D eigenvalue weighted by Crippen LogP contribution is 2.37. The summed E-state index contributed by atoms with van der Waals surface area (Å²) in [6, 6.07) is 8.89. The monoisotopic (exact) mass is 330 g/mol. The average molecular weight is 331 g/mol. The maximum absolute atomic E-state index is 12.8. The highest BCUT2D eigenvalue weighted by Gasteiger charge is 2.16. The Kier molecular flexibility index (Phi) is 3.96. The molecule has 0 bridgehead atoms. The van der Waals surface area contributed by atoms with Crippen LogP contribution in [-0.2, 0) is 7.05 Å². The van der Waals surface area contributed by atoms with E-state index in [0.29, 0.717) is 27.8 Å². The van der Waals surface area contributed by atoms with E-state index in [1.165, 1.54) is 0 Å². The number of para-hydroxylation sites is 1. The van der Waals surface area contributed by atoms with Crippen LogP contribution in [0.1, 0.15) is 0 Å². The fourth-order valence-electron chi connectivity index (χ4n) is 2.63. The van der Waals surface area contributed by atoms with Crippen LogP contribution >= 0.6 is 11.6 Å². The predicted molar refractivity (Wildman–Crippen MR) is 90.5 cm³/mol. The van der Waals surface area contributed by atoms with Crippen molar-refractivity contribution in [3.63, 3.8) is 0 Å². The molecule has 2 aromatic heterocycles. The van der Waals surface area contributed by atoms with Crippen LogP contribution in [0.4, 0.5) is 0 Å². The van der Waals surface area contributed by atoms with Gasteiger partial charge in [-0.25, -0.2) is 4.98 Å². The minimum atomic E-state index is -0.147. The van der Waals surface area contributed by atoms with E-state index < -0.39 is 0 Å². The molecular weight excluding hydrogens is 316 g/mol. The summed E-state index contributed by atoms with van der Waals surface area (Å²) >= 11 is 5.92. The molecule has 0 amide bonds. The summed E-state index contributed by atoms with van der Waals surface area (Å²) in [4.78, 5) is 16.8. The van der Waals surface area contributed by atoms with Crippen molar-refractivity contribution in [2.75, 3.05) is 14.2 Å². The fourth-order valence-corrected chi connectivity index (χ4v) is 2.78. The number of pyridine rings is 2. The van der Waals surface area contributed by atoms with Crippen molar-refractivity contribution in [1.29, 1.82) is 0 Å². The van der Waals surface area contributed by atoms with Gasteiger partial charge in [0.15, 0.2) is 11.5 Å². The van der Waals surface area contributed by atoms with Crippen LogP contribution in [0.25, 0.3) is 22.0 Å². The Morgan fingerprint density at radius 3 is 2.61 bits per heavy atom. The predicted octanol–water partition coefficient (Wildman–Crippen LogP) is 3.27. The topological polar surface area (TPSA) is 53.4 Å². The Hall–Kier alpha value is -2.53. The number of fused-ring (bicyclic) bond motifs is 1. The second-order valence-electron chi connectivity index (χ2n) is 5.03. The first-order chi connectivity index (χ1) is 11.1. The summed E-state index contributed by atoms with van der Waals surface area (Å²) in [7, 11) is 4.82. The summed E-state index contributed by atoms with van der Waals surface area (Å²) in [5, 5.41) is 1.16. The number of hydrogen-bond donors (Lipinski definition) is 0. The Morgan fingerprint density at radius 2 is 1.91 bits per heavy atom. The van der Waals surface area contributed by atoms with Crippen LogP contribution in [0.2, 0.25) is 5.15 Å². The van der Waals surface area contributed by atoms with Crippen LogP contribution in [0.5, 0.6) is 11.5 Å².